The normalized spacial score (nSPS) is 10.7. The van der Waals surface area contributed by atoms with Crippen LogP contribution in [0.25, 0.3) is 11.1 Å². The Balaban J connectivity index is 1.65. The van der Waals surface area contributed by atoms with Crippen LogP contribution in [0, 0.1) is 0 Å². The predicted octanol–water partition coefficient (Wildman–Crippen LogP) is 2.46. The summed E-state index contributed by atoms with van der Waals surface area (Å²) in [6.45, 7) is 0.722. The van der Waals surface area contributed by atoms with Crippen molar-refractivity contribution in [2.45, 2.75) is 6.42 Å². The van der Waals surface area contributed by atoms with Crippen molar-refractivity contribution >= 4 is 22.8 Å². The van der Waals surface area contributed by atoms with E-state index in [1.54, 1.807) is 18.3 Å². The average Bonchev–Trinajstić information content (AvgIpc) is 2.82. The number of oxazole rings is 1. The molecule has 5 nitrogen and oxygen atoms in total. The standard InChI is InChI=1S/C14H14N4O/c15-10-4-5-13-12(9-10)18-14(19-13)17-8-6-11-3-1-2-7-16-11/h1-5,7,9H,6,8,15H2,(H,17,18). The van der Waals surface area contributed by atoms with E-state index in [2.05, 4.69) is 15.3 Å². The third kappa shape index (κ3) is 2.65. The molecule has 2 aromatic heterocycles. The number of rotatable bonds is 4. The molecule has 3 rings (SSSR count). The first-order valence-corrected chi connectivity index (χ1v) is 6.11. The van der Waals surface area contributed by atoms with Gasteiger partial charge in [0.15, 0.2) is 5.58 Å². The van der Waals surface area contributed by atoms with Gasteiger partial charge < -0.3 is 15.5 Å². The fraction of sp³-hybridized carbons (Fsp3) is 0.143. The highest BCUT2D eigenvalue weighted by molar-refractivity contribution is 5.78. The van der Waals surface area contributed by atoms with Gasteiger partial charge in [0, 0.05) is 30.5 Å². The second-order valence-corrected chi connectivity index (χ2v) is 4.24. The van der Waals surface area contributed by atoms with Gasteiger partial charge in [-0.25, -0.2) is 0 Å². The first kappa shape index (κ1) is 11.5. The Morgan fingerprint density at radius 2 is 2.16 bits per heavy atom. The smallest absolute Gasteiger partial charge is 0.295 e. The van der Waals surface area contributed by atoms with E-state index >= 15 is 0 Å². The van der Waals surface area contributed by atoms with E-state index in [1.807, 2.05) is 24.3 Å². The van der Waals surface area contributed by atoms with Crippen LogP contribution in [-0.4, -0.2) is 16.5 Å². The fourth-order valence-corrected chi connectivity index (χ4v) is 1.86. The molecule has 3 aromatic rings. The summed E-state index contributed by atoms with van der Waals surface area (Å²) in [4.78, 5) is 8.58. The van der Waals surface area contributed by atoms with Crippen molar-refractivity contribution in [2.75, 3.05) is 17.6 Å². The van der Waals surface area contributed by atoms with Crippen molar-refractivity contribution in [3.63, 3.8) is 0 Å². The lowest BCUT2D eigenvalue weighted by atomic mass is 10.3. The first-order valence-electron chi connectivity index (χ1n) is 6.11. The van der Waals surface area contributed by atoms with E-state index in [0.29, 0.717) is 11.7 Å². The Bertz CT molecular complexity index is 678. The van der Waals surface area contributed by atoms with Gasteiger partial charge in [0.05, 0.1) is 0 Å². The van der Waals surface area contributed by atoms with E-state index in [9.17, 15) is 0 Å². The molecule has 0 aliphatic rings. The van der Waals surface area contributed by atoms with Crippen molar-refractivity contribution in [3.05, 3.63) is 48.3 Å². The van der Waals surface area contributed by atoms with Crippen LogP contribution in [0.1, 0.15) is 5.69 Å². The molecular weight excluding hydrogens is 240 g/mol. The summed E-state index contributed by atoms with van der Waals surface area (Å²) < 4.78 is 5.56. The van der Waals surface area contributed by atoms with Gasteiger partial charge in [0.2, 0.25) is 0 Å². The molecule has 0 atom stereocenters. The lowest BCUT2D eigenvalue weighted by molar-refractivity contribution is 0.614. The Kier molecular flexibility index (Phi) is 3.02. The number of hydrogen-bond acceptors (Lipinski definition) is 5. The van der Waals surface area contributed by atoms with Gasteiger partial charge in [-0.05, 0) is 30.3 Å². The first-order chi connectivity index (χ1) is 9.31. The molecule has 0 fully saturated rings. The Hall–Kier alpha value is -2.56. The molecule has 0 spiro atoms. The number of nitrogen functional groups attached to an aromatic ring is 1. The molecule has 0 bridgehead atoms. The van der Waals surface area contributed by atoms with Crippen LogP contribution in [0.2, 0.25) is 0 Å². The quantitative estimate of drug-likeness (QED) is 0.699. The second kappa shape index (κ2) is 4.97. The minimum Gasteiger partial charge on any atom is -0.424 e. The number of hydrogen-bond donors (Lipinski definition) is 2. The molecule has 0 aliphatic heterocycles. The highest BCUT2D eigenvalue weighted by atomic mass is 16.4. The molecule has 3 N–H and O–H groups in total. The van der Waals surface area contributed by atoms with Crippen molar-refractivity contribution in [3.8, 4) is 0 Å². The van der Waals surface area contributed by atoms with E-state index in [1.165, 1.54) is 0 Å². The van der Waals surface area contributed by atoms with Crippen LogP contribution in [0.4, 0.5) is 11.7 Å². The summed E-state index contributed by atoms with van der Waals surface area (Å²) >= 11 is 0. The molecule has 0 aliphatic carbocycles. The summed E-state index contributed by atoms with van der Waals surface area (Å²) in [5, 5.41) is 3.14. The summed E-state index contributed by atoms with van der Waals surface area (Å²) in [5.41, 5.74) is 8.91. The van der Waals surface area contributed by atoms with Crippen LogP contribution in [0.15, 0.2) is 47.0 Å². The van der Waals surface area contributed by atoms with Crippen LogP contribution < -0.4 is 11.1 Å². The van der Waals surface area contributed by atoms with Gasteiger partial charge in [-0.15, -0.1) is 0 Å². The summed E-state index contributed by atoms with van der Waals surface area (Å²) in [7, 11) is 0. The number of anilines is 2. The molecule has 2 heterocycles. The van der Waals surface area contributed by atoms with Gasteiger partial charge in [0.25, 0.3) is 6.01 Å². The van der Waals surface area contributed by atoms with E-state index in [4.69, 9.17) is 10.2 Å². The number of aromatic nitrogens is 2. The highest BCUT2D eigenvalue weighted by Gasteiger charge is 2.05. The van der Waals surface area contributed by atoms with Crippen LogP contribution in [-0.2, 0) is 6.42 Å². The monoisotopic (exact) mass is 254 g/mol. The fourth-order valence-electron chi connectivity index (χ4n) is 1.86. The zero-order valence-corrected chi connectivity index (χ0v) is 10.3. The highest BCUT2D eigenvalue weighted by Crippen LogP contribution is 2.20. The molecule has 0 saturated carbocycles. The summed E-state index contributed by atoms with van der Waals surface area (Å²) in [6, 6.07) is 11.8. The third-order valence-corrected chi connectivity index (χ3v) is 2.80. The summed E-state index contributed by atoms with van der Waals surface area (Å²) in [6.07, 6.45) is 2.61. The minimum absolute atomic E-state index is 0.511. The van der Waals surface area contributed by atoms with E-state index in [-0.39, 0.29) is 0 Å². The van der Waals surface area contributed by atoms with Crippen molar-refractivity contribution in [1.29, 1.82) is 0 Å². The van der Waals surface area contributed by atoms with Crippen LogP contribution >= 0.6 is 0 Å². The van der Waals surface area contributed by atoms with E-state index < -0.39 is 0 Å². The topological polar surface area (TPSA) is 77.0 Å². The van der Waals surface area contributed by atoms with Crippen LogP contribution in [0.3, 0.4) is 0 Å². The second-order valence-electron chi connectivity index (χ2n) is 4.24. The molecule has 0 unspecified atom stereocenters. The van der Waals surface area contributed by atoms with E-state index in [0.717, 1.165) is 29.8 Å². The van der Waals surface area contributed by atoms with Crippen molar-refractivity contribution in [1.82, 2.24) is 9.97 Å². The van der Waals surface area contributed by atoms with Crippen molar-refractivity contribution in [2.24, 2.45) is 0 Å². The van der Waals surface area contributed by atoms with Gasteiger partial charge >= 0.3 is 0 Å². The molecule has 0 radical (unpaired) electrons. The molecule has 5 heteroatoms. The molecule has 0 amide bonds. The number of benzene rings is 1. The third-order valence-electron chi connectivity index (χ3n) is 2.80. The SMILES string of the molecule is Nc1ccc2oc(NCCc3ccccn3)nc2c1. The molecule has 1 aromatic carbocycles. The predicted molar refractivity (Wildman–Crippen MR) is 74.9 cm³/mol. The van der Waals surface area contributed by atoms with Gasteiger partial charge in [-0.2, -0.15) is 4.98 Å². The van der Waals surface area contributed by atoms with Crippen LogP contribution in [0.5, 0.6) is 0 Å². The maximum absolute atomic E-state index is 5.70. The largest absolute Gasteiger partial charge is 0.424 e. The maximum Gasteiger partial charge on any atom is 0.295 e. The van der Waals surface area contributed by atoms with Gasteiger partial charge in [0.1, 0.15) is 5.52 Å². The number of fused-ring (bicyclic) bond motifs is 1. The molecule has 96 valence electrons. The van der Waals surface area contributed by atoms with Crippen molar-refractivity contribution < 1.29 is 4.42 Å². The molecule has 19 heavy (non-hydrogen) atoms. The molecular formula is C14H14N4O. The Morgan fingerprint density at radius 1 is 1.21 bits per heavy atom. The number of nitrogens with two attached hydrogens (primary N) is 1. The average molecular weight is 254 g/mol. The zero-order chi connectivity index (χ0) is 13.1. The Morgan fingerprint density at radius 3 is 3.00 bits per heavy atom. The number of nitrogens with one attached hydrogen (secondary N) is 1. The minimum atomic E-state index is 0.511. The van der Waals surface area contributed by atoms with Gasteiger partial charge in [-0.1, -0.05) is 6.07 Å². The Labute approximate surface area is 110 Å². The maximum atomic E-state index is 5.70. The number of pyridine rings is 1. The summed E-state index contributed by atoms with van der Waals surface area (Å²) in [5.74, 6) is 0. The number of nitrogens with zero attached hydrogens (tertiary/aromatic N) is 2. The lowest BCUT2D eigenvalue weighted by Gasteiger charge is -2.00. The molecule has 0 saturated heterocycles. The van der Waals surface area contributed by atoms with Gasteiger partial charge in [-0.3, -0.25) is 4.98 Å². The zero-order valence-electron chi connectivity index (χ0n) is 10.3. The lowest BCUT2D eigenvalue weighted by Crippen LogP contribution is -2.05.